The Hall–Kier alpha value is -1.71. The van der Waals surface area contributed by atoms with Crippen molar-refractivity contribution in [3.05, 3.63) is 91.0 Å². The predicted octanol–water partition coefficient (Wildman–Crippen LogP) is 4.01. The molecule has 3 fully saturated rings. The Balaban J connectivity index is 0.00000304. The lowest BCUT2D eigenvalue weighted by molar-refractivity contribution is -0.938. The maximum atomic E-state index is 13.1. The van der Waals surface area contributed by atoms with Crippen LogP contribution >= 0.6 is 43.2 Å². The molecule has 0 radical (unpaired) electrons. The molecule has 0 amide bonds. The third-order valence-corrected chi connectivity index (χ3v) is 9.09. The number of ketones is 1. The zero-order valence-electron chi connectivity index (χ0n) is 19.4. The fourth-order valence-electron chi connectivity index (χ4n) is 5.25. The first-order valence-electron chi connectivity index (χ1n) is 11.7. The fraction of sp³-hybridized carbons (Fsp3) is 0.333. The van der Waals surface area contributed by atoms with E-state index in [1.165, 1.54) is 11.3 Å². The molecular weight excluding hydrogens is 630 g/mol. The quantitative estimate of drug-likeness (QED) is 0.220. The highest BCUT2D eigenvalue weighted by Gasteiger charge is 2.49. The number of fused-ring (bicyclic) bond motifs is 3. The summed E-state index contributed by atoms with van der Waals surface area (Å²) in [5, 5.41) is 1.94. The monoisotopic (exact) mass is 653 g/mol. The first-order chi connectivity index (χ1) is 16.9. The van der Waals surface area contributed by atoms with Gasteiger partial charge in [0.2, 0.25) is 5.78 Å². The van der Waals surface area contributed by atoms with Gasteiger partial charge >= 0.3 is 6.16 Å². The predicted molar refractivity (Wildman–Crippen MR) is 143 cm³/mol. The van der Waals surface area contributed by atoms with Gasteiger partial charge in [0, 0.05) is 27.7 Å². The van der Waals surface area contributed by atoms with E-state index >= 15 is 0 Å². The van der Waals surface area contributed by atoms with Crippen LogP contribution in [0, 0.1) is 5.92 Å². The van der Waals surface area contributed by atoms with E-state index in [9.17, 15) is 9.59 Å². The highest BCUT2D eigenvalue weighted by atomic mass is 79.9. The summed E-state index contributed by atoms with van der Waals surface area (Å²) in [5.74, 6) is 0.491. The van der Waals surface area contributed by atoms with Gasteiger partial charge in [-0.25, -0.2) is 4.79 Å². The smallest absolute Gasteiger partial charge is 0.509 e. The molecule has 5 nitrogen and oxygen atoms in total. The Morgan fingerprint density at radius 2 is 1.53 bits per heavy atom. The van der Waals surface area contributed by atoms with Crippen LogP contribution in [-0.2, 0) is 9.47 Å². The number of halogens is 3. The zero-order valence-corrected chi connectivity index (χ0v) is 24.2. The van der Waals surface area contributed by atoms with Gasteiger partial charge in [-0.1, -0.05) is 62.2 Å². The zero-order chi connectivity index (χ0) is 24.4. The molecule has 4 heterocycles. The van der Waals surface area contributed by atoms with Crippen molar-refractivity contribution < 1.29 is 36.0 Å². The molecule has 2 aromatic carbocycles. The van der Waals surface area contributed by atoms with Gasteiger partial charge in [0.15, 0.2) is 12.2 Å². The summed E-state index contributed by atoms with van der Waals surface area (Å²) in [7, 11) is 0. The van der Waals surface area contributed by atoms with Crippen LogP contribution in [0.3, 0.4) is 0 Å². The molecule has 0 saturated carbocycles. The van der Waals surface area contributed by atoms with E-state index in [1.54, 1.807) is 0 Å². The molecule has 36 heavy (non-hydrogen) atoms. The average molecular weight is 656 g/mol. The molecule has 3 aliphatic heterocycles. The number of piperidine rings is 3. The summed E-state index contributed by atoms with van der Waals surface area (Å²) in [6.07, 6.45) is 0.434. The summed E-state index contributed by atoms with van der Waals surface area (Å²) in [6.45, 7) is 3.04. The van der Waals surface area contributed by atoms with Crippen LogP contribution in [0.15, 0.2) is 75.0 Å². The number of Topliss-reactive ketones (excluding diaryl/α,β-unsaturated/α-hetero) is 1. The van der Waals surface area contributed by atoms with Gasteiger partial charge < -0.3 is 26.4 Å². The minimum Gasteiger partial charge on any atom is -1.00 e. The van der Waals surface area contributed by atoms with E-state index in [4.69, 9.17) is 9.47 Å². The molecule has 1 atom stereocenters. The van der Waals surface area contributed by atoms with Crippen LogP contribution in [0.25, 0.3) is 0 Å². The van der Waals surface area contributed by atoms with E-state index in [-0.39, 0.29) is 24.3 Å². The van der Waals surface area contributed by atoms with Crippen molar-refractivity contribution in [2.45, 2.75) is 25.0 Å². The number of hydrogen-bond acceptors (Lipinski definition) is 5. The Morgan fingerprint density at radius 1 is 0.944 bits per heavy atom. The average Bonchev–Trinajstić information content (AvgIpc) is 3.40. The van der Waals surface area contributed by atoms with Crippen molar-refractivity contribution in [3.63, 3.8) is 0 Å². The lowest BCUT2D eigenvalue weighted by atomic mass is 9.83. The molecule has 3 saturated heterocycles. The van der Waals surface area contributed by atoms with Crippen LogP contribution in [0.5, 0.6) is 0 Å². The summed E-state index contributed by atoms with van der Waals surface area (Å²) in [6, 6.07) is 19.3. The van der Waals surface area contributed by atoms with Crippen LogP contribution in [0.2, 0.25) is 0 Å². The third-order valence-electron chi connectivity index (χ3n) is 7.12. The van der Waals surface area contributed by atoms with E-state index in [1.807, 2.05) is 66.0 Å². The van der Waals surface area contributed by atoms with Crippen molar-refractivity contribution in [1.82, 2.24) is 0 Å². The number of rotatable bonds is 7. The second-order valence-electron chi connectivity index (χ2n) is 9.37. The Bertz CT molecular complexity index is 1130. The number of hydrogen-bond donors (Lipinski definition) is 0. The number of carbonyl (C=O) groups is 2. The van der Waals surface area contributed by atoms with Crippen molar-refractivity contribution in [2.24, 2.45) is 5.92 Å². The first-order valence-corrected chi connectivity index (χ1v) is 14.2. The van der Waals surface area contributed by atoms with Crippen molar-refractivity contribution >= 4 is 55.1 Å². The van der Waals surface area contributed by atoms with E-state index in [2.05, 4.69) is 31.9 Å². The number of benzene rings is 2. The molecular formula is C27H26Br2ClNO4S. The van der Waals surface area contributed by atoms with Crippen LogP contribution in [-0.4, -0.2) is 48.7 Å². The highest BCUT2D eigenvalue weighted by molar-refractivity contribution is 9.10. The van der Waals surface area contributed by atoms with Crippen molar-refractivity contribution in [3.8, 4) is 0 Å². The lowest BCUT2D eigenvalue weighted by Gasteiger charge is -2.51. The van der Waals surface area contributed by atoms with Gasteiger partial charge in [0.25, 0.3) is 0 Å². The maximum absolute atomic E-state index is 13.1. The van der Waals surface area contributed by atoms with E-state index < -0.39 is 12.3 Å². The topological polar surface area (TPSA) is 52.6 Å². The van der Waals surface area contributed by atoms with Gasteiger partial charge in [-0.3, -0.25) is 4.79 Å². The Kier molecular flexibility index (Phi) is 8.94. The first kappa shape index (κ1) is 27.3. The van der Waals surface area contributed by atoms with E-state index in [0.29, 0.717) is 23.5 Å². The summed E-state index contributed by atoms with van der Waals surface area (Å²) in [4.78, 5) is 26.7. The molecule has 0 aliphatic carbocycles. The van der Waals surface area contributed by atoms with Gasteiger partial charge in [0.1, 0.15) is 13.1 Å². The van der Waals surface area contributed by atoms with Gasteiger partial charge in [-0.05, 0) is 46.8 Å². The molecule has 3 aromatic rings. The fourth-order valence-corrected chi connectivity index (χ4v) is 6.43. The lowest BCUT2D eigenvalue weighted by Crippen LogP contribution is -3.00. The molecule has 0 N–H and O–H groups in total. The van der Waals surface area contributed by atoms with Crippen LogP contribution in [0.1, 0.15) is 39.7 Å². The summed E-state index contributed by atoms with van der Waals surface area (Å²) in [5.41, 5.74) is 1.73. The Morgan fingerprint density at radius 3 is 2.06 bits per heavy atom. The van der Waals surface area contributed by atoms with Gasteiger partial charge in [-0.2, -0.15) is 0 Å². The SMILES string of the molecule is O=C(OC(c1ccc(Br)cc1)c1ccc(Br)cc1)O[C@H]1C[N+]2(CC(=O)c3cccs3)CCC1CC2.[Cl-]. The van der Waals surface area contributed by atoms with Crippen LogP contribution in [0.4, 0.5) is 4.79 Å². The Labute approximate surface area is 238 Å². The van der Waals surface area contributed by atoms with E-state index in [0.717, 1.165) is 50.9 Å². The van der Waals surface area contributed by atoms with Crippen molar-refractivity contribution in [2.75, 3.05) is 26.2 Å². The number of quaternary nitrogens is 1. The van der Waals surface area contributed by atoms with Gasteiger partial charge in [0.05, 0.1) is 18.0 Å². The standard InChI is InChI=1S/C27H26Br2NO4S.ClH/c28-21-7-3-19(4-8-21)26(20-5-9-22(29)10-6-20)34-27(32)33-24-17-30(13-11-18(24)12-14-30)16-23(31)25-2-1-15-35-25;/h1-10,15,18,24,26H,11-14,16-17H2;1H/q+1;/p-1/t18?,24-,30?;/m0./s1. The van der Waals surface area contributed by atoms with Crippen molar-refractivity contribution in [1.29, 1.82) is 0 Å². The molecule has 3 aliphatic rings. The number of carbonyl (C=O) groups excluding carboxylic acids is 2. The number of nitrogens with zero attached hydrogens (tertiary/aromatic N) is 1. The molecule has 9 heteroatoms. The molecule has 6 rings (SSSR count). The normalized spacial score (nSPS) is 22.6. The maximum Gasteiger partial charge on any atom is 0.509 e. The second kappa shape index (κ2) is 11.8. The van der Waals surface area contributed by atoms with Gasteiger partial charge in [-0.15, -0.1) is 11.3 Å². The summed E-state index contributed by atoms with van der Waals surface area (Å²) < 4.78 is 14.5. The molecule has 2 bridgehead atoms. The molecule has 0 spiro atoms. The largest absolute Gasteiger partial charge is 1.00 e. The number of ether oxygens (including phenoxy) is 2. The second-order valence-corrected chi connectivity index (χ2v) is 12.2. The molecule has 0 unspecified atom stereocenters. The summed E-state index contributed by atoms with van der Waals surface area (Å²) >= 11 is 8.42. The number of thiophene rings is 1. The van der Waals surface area contributed by atoms with Crippen LogP contribution < -0.4 is 12.4 Å². The highest BCUT2D eigenvalue weighted by Crippen LogP contribution is 2.37. The molecule has 190 valence electrons. The third kappa shape index (κ3) is 6.22. The minimum absolute atomic E-state index is 0. The minimum atomic E-state index is -0.665. The molecule has 1 aromatic heterocycles.